The maximum atomic E-state index is 12.4. The molecule has 1 unspecified atom stereocenters. The van der Waals surface area contributed by atoms with E-state index in [9.17, 15) is 78.6 Å². The summed E-state index contributed by atoms with van der Waals surface area (Å²) in [5.41, 5.74) is 1.41. The number of anilines is 4. The van der Waals surface area contributed by atoms with Crippen molar-refractivity contribution in [3.05, 3.63) is 29.8 Å². The largest absolute Gasteiger partial charge is 3.00 e. The summed E-state index contributed by atoms with van der Waals surface area (Å²) in [5.74, 6) is -8.45. The third-order valence-corrected chi connectivity index (χ3v) is 15.6. The summed E-state index contributed by atoms with van der Waals surface area (Å²) in [7, 11) is 0. The maximum Gasteiger partial charge on any atom is 3.00 e. The number of unbranched alkanes of at least 4 members (excludes halogenated alkanes) is 8. The number of piperazine rings is 1. The molecule has 0 radical (unpaired) electrons. The number of aliphatic carboxylic acids is 8. The molecule has 2 fully saturated rings. The fourth-order valence-electron chi connectivity index (χ4n) is 10.6. The second-order valence-electron chi connectivity index (χ2n) is 23.2. The molecule has 3 amide bonds. The second-order valence-corrected chi connectivity index (χ2v) is 23.2. The number of nitrogens with zero attached hydrogens (tertiary/aromatic N) is 9. The van der Waals surface area contributed by atoms with Crippen LogP contribution < -0.4 is 31.5 Å². The fraction of sp³-hybridized carbons (Fsp3) is 0.683. The van der Waals surface area contributed by atoms with Gasteiger partial charge in [0.05, 0.1) is 59.0 Å². The van der Waals surface area contributed by atoms with E-state index in [0.29, 0.717) is 63.0 Å². The van der Waals surface area contributed by atoms with Crippen molar-refractivity contribution in [2.24, 2.45) is 0 Å². The first-order valence-corrected chi connectivity index (χ1v) is 32.0. The van der Waals surface area contributed by atoms with Gasteiger partial charge in [0.25, 0.3) is 0 Å². The Morgan fingerprint density at radius 2 is 1.00 bits per heavy atom. The molecular weight excluding hydrogens is 1410 g/mol. The van der Waals surface area contributed by atoms with Crippen LogP contribution in [0.2, 0.25) is 0 Å². The SMILES string of the molecule is O=C(O)CCOCCOCCNc1nc(Nc2ccc(CC3CN(CC(=O)O)CCN(CC(=O)O)CCN(CC(=O)O)CCN3CC(=O)O)cc2)nc(N2CCN(CCCCCCCCCCC(=O)NCCCC[C@H](NC(=O)N[C@@H](CCC(=O)O)C(=O)O)C(=O)O)CC2)n1.[Lu+3]. The molecule has 95 heavy (non-hydrogen) atoms. The Morgan fingerprint density at radius 3 is 1.58 bits per heavy atom. The zero-order valence-corrected chi connectivity index (χ0v) is 55.3. The molecule has 2 saturated heterocycles. The summed E-state index contributed by atoms with van der Waals surface area (Å²) >= 11 is 0. The number of urea groups is 1. The third-order valence-electron chi connectivity index (χ3n) is 15.6. The van der Waals surface area contributed by atoms with Gasteiger partial charge in [0.15, 0.2) is 0 Å². The van der Waals surface area contributed by atoms with Crippen molar-refractivity contribution in [3.8, 4) is 0 Å². The zero-order valence-electron chi connectivity index (χ0n) is 53.7. The first kappa shape index (κ1) is 82.3. The second kappa shape index (κ2) is 47.1. The quantitative estimate of drug-likeness (QED) is 0.0411. The molecule has 34 nitrogen and oxygen atoms in total. The average molecular weight is 1510 g/mol. The number of ether oxygens (including phenoxy) is 2. The van der Waals surface area contributed by atoms with Crippen LogP contribution in [0.1, 0.15) is 102 Å². The van der Waals surface area contributed by atoms with Crippen LogP contribution in [-0.4, -0.2) is 302 Å². The third kappa shape index (κ3) is 37.3. The van der Waals surface area contributed by atoms with Gasteiger partial charge in [-0.25, -0.2) is 14.4 Å². The molecule has 35 heteroatoms. The molecule has 1 aromatic carbocycles. The predicted molar refractivity (Wildman–Crippen MR) is 339 cm³/mol. The normalized spacial score (nSPS) is 16.2. The summed E-state index contributed by atoms with van der Waals surface area (Å²) < 4.78 is 11.0. The van der Waals surface area contributed by atoms with Gasteiger partial charge in [0, 0.05) is 110 Å². The van der Waals surface area contributed by atoms with Gasteiger partial charge in [-0.3, -0.25) is 58.1 Å². The Morgan fingerprint density at radius 1 is 0.484 bits per heavy atom. The van der Waals surface area contributed by atoms with E-state index < -0.39 is 84.9 Å². The first-order valence-electron chi connectivity index (χ1n) is 32.0. The Balaban J connectivity index is 0.0000235. The van der Waals surface area contributed by atoms with E-state index in [-0.39, 0.29) is 166 Å². The van der Waals surface area contributed by atoms with Gasteiger partial charge in [0.2, 0.25) is 23.8 Å². The maximum absolute atomic E-state index is 12.4. The first-order chi connectivity index (χ1) is 45.0. The predicted octanol–water partition coefficient (Wildman–Crippen LogP) is 0.996. The fourth-order valence-corrected chi connectivity index (χ4v) is 10.6. The van der Waals surface area contributed by atoms with Crippen LogP contribution in [-0.2, 0) is 59.0 Å². The number of rotatable bonds is 46. The summed E-state index contributed by atoms with van der Waals surface area (Å²) in [5, 5.41) is 89.3. The molecule has 1 aromatic heterocycles. The van der Waals surface area contributed by atoms with Gasteiger partial charge in [-0.2, -0.15) is 15.0 Å². The van der Waals surface area contributed by atoms with Crippen molar-refractivity contribution >= 4 is 83.2 Å². The Bertz CT molecular complexity index is 2700. The number of carbonyl (C=O) groups excluding carboxylic acids is 2. The molecule has 0 aliphatic carbocycles. The number of benzene rings is 1. The number of carbonyl (C=O) groups is 10. The van der Waals surface area contributed by atoms with E-state index in [1.54, 1.807) is 19.6 Å². The van der Waals surface area contributed by atoms with E-state index in [1.165, 1.54) is 0 Å². The van der Waals surface area contributed by atoms with Gasteiger partial charge >= 0.3 is 90.7 Å². The molecule has 2 aromatic rings. The number of hydrogen-bond acceptors (Lipinski definition) is 23. The van der Waals surface area contributed by atoms with Crippen molar-refractivity contribution in [2.45, 2.75) is 121 Å². The van der Waals surface area contributed by atoms with E-state index in [0.717, 1.165) is 76.6 Å². The van der Waals surface area contributed by atoms with Crippen LogP contribution in [0, 0.1) is 36.9 Å². The van der Waals surface area contributed by atoms with Crippen LogP contribution in [0.3, 0.4) is 0 Å². The summed E-state index contributed by atoms with van der Waals surface area (Å²) in [6.07, 6.45) is 8.57. The number of nitrogens with one attached hydrogen (secondary N) is 5. The van der Waals surface area contributed by atoms with E-state index in [4.69, 9.17) is 29.7 Å². The number of aromatic nitrogens is 3. The molecule has 13 N–H and O–H groups in total. The smallest absolute Gasteiger partial charge is 0.481 e. The standard InChI is InChI=1S/C60H96N14O20.Lu/c75-48(61-20-9-8-11-46(55(88)89)64-60(92)65-47(56(90)91)17-18-49(76)77)12-7-5-3-1-2-4-6-10-22-69-27-30-73(31-28-69)59-67-57(62-21-34-94-36-35-93-33-19-50(78)79)66-58(68-59)63-44-15-13-43(14-16-44)37-45-38-72(41-53(84)85)26-25-70(39-51(80)81)23-24-71(40-52(82)83)29-32-74(45)42-54(86)87;/h13-16,45-47H,1-12,17-42H2,(H,61,75)(H,76,77)(H,78,79)(H,80,81)(H,82,83)(H,84,85)(H,86,87)(H,88,89)(H,90,91)(H2,64,65,92)(H2,62,63,66,67,68);/q;+3/t45?,46-,47-;/m0./s1. The monoisotopic (exact) mass is 1510 g/mol. The van der Waals surface area contributed by atoms with Crippen LogP contribution in [0.4, 0.5) is 28.3 Å². The zero-order chi connectivity index (χ0) is 68.6. The van der Waals surface area contributed by atoms with Gasteiger partial charge in [-0.1, -0.05) is 50.7 Å². The topological polar surface area (TPSA) is 469 Å². The number of carboxylic acid groups (broad SMARTS) is 8. The molecule has 0 bridgehead atoms. The number of amides is 3. The Kier molecular flexibility index (Phi) is 40.8. The van der Waals surface area contributed by atoms with E-state index >= 15 is 0 Å². The van der Waals surface area contributed by atoms with Crippen molar-refractivity contribution in [1.82, 2.24) is 55.4 Å². The van der Waals surface area contributed by atoms with Gasteiger partial charge in [0.1, 0.15) is 12.1 Å². The molecule has 0 saturated carbocycles. The molecule has 0 spiro atoms. The summed E-state index contributed by atoms with van der Waals surface area (Å²) in [6.45, 7) is 5.04. The van der Waals surface area contributed by atoms with Crippen molar-refractivity contribution in [3.63, 3.8) is 0 Å². The van der Waals surface area contributed by atoms with Crippen LogP contribution in [0.5, 0.6) is 0 Å². The minimum atomic E-state index is -1.50. The number of hydrogen-bond donors (Lipinski definition) is 13. The van der Waals surface area contributed by atoms with Crippen LogP contribution >= 0.6 is 0 Å². The Labute approximate surface area is 581 Å². The van der Waals surface area contributed by atoms with Crippen molar-refractivity contribution in [2.75, 3.05) is 160 Å². The molecule has 2 aliphatic heterocycles. The summed E-state index contributed by atoms with van der Waals surface area (Å²) in [6, 6.07) is 2.95. The molecule has 2 aliphatic rings. The minimum Gasteiger partial charge on any atom is -0.481 e. The molecular formula is C60H96LuN14O20+3. The van der Waals surface area contributed by atoms with Crippen LogP contribution in [0.25, 0.3) is 0 Å². The number of carboxylic acids is 8. The average Bonchev–Trinajstić information content (AvgIpc) is 0.871. The van der Waals surface area contributed by atoms with Crippen molar-refractivity contribution in [1.29, 1.82) is 0 Å². The van der Waals surface area contributed by atoms with E-state index in [1.807, 2.05) is 24.3 Å². The summed E-state index contributed by atoms with van der Waals surface area (Å²) in [4.78, 5) is 143. The van der Waals surface area contributed by atoms with Crippen LogP contribution in [0.15, 0.2) is 24.3 Å². The van der Waals surface area contributed by atoms with Gasteiger partial charge in [-0.05, 0) is 69.2 Å². The molecule has 4 rings (SSSR count). The Hall–Kier alpha value is -6.92. The van der Waals surface area contributed by atoms with Crippen molar-refractivity contribution < 1.29 is 135 Å². The molecule has 3 heterocycles. The van der Waals surface area contributed by atoms with Gasteiger partial charge < -0.3 is 81.8 Å². The minimum absolute atomic E-state index is 0. The van der Waals surface area contributed by atoms with Gasteiger partial charge in [-0.15, -0.1) is 0 Å². The molecule has 538 valence electrons. The van der Waals surface area contributed by atoms with E-state index in [2.05, 4.69) is 41.4 Å². The molecule has 3 atom stereocenters.